The molecule has 3 rings (SSSR count). The quantitative estimate of drug-likeness (QED) is 0.873. The molecule has 0 radical (unpaired) electrons. The maximum atomic E-state index is 6.23. The molecule has 1 fully saturated rings. The van der Waals surface area contributed by atoms with E-state index in [1.54, 1.807) is 13.3 Å². The second kappa shape index (κ2) is 4.66. The number of nitrogens with zero attached hydrogens (tertiary/aromatic N) is 3. The summed E-state index contributed by atoms with van der Waals surface area (Å²) in [6.07, 6.45) is 6.85. The average molecular weight is 246 g/mol. The van der Waals surface area contributed by atoms with Gasteiger partial charge in [0.1, 0.15) is 11.3 Å². The third-order valence-electron chi connectivity index (χ3n) is 3.40. The lowest BCUT2D eigenvalue weighted by atomic mass is 10.2. The van der Waals surface area contributed by atoms with E-state index in [4.69, 9.17) is 10.5 Å². The zero-order chi connectivity index (χ0) is 12.5. The van der Waals surface area contributed by atoms with Crippen LogP contribution in [0.2, 0.25) is 0 Å². The highest BCUT2D eigenvalue weighted by Crippen LogP contribution is 2.39. The minimum absolute atomic E-state index is 0.0713. The fourth-order valence-corrected chi connectivity index (χ4v) is 2.32. The molecule has 2 heterocycles. The van der Waals surface area contributed by atoms with Crippen molar-refractivity contribution in [3.05, 3.63) is 24.3 Å². The lowest BCUT2D eigenvalue weighted by Crippen LogP contribution is -2.18. The standard InChI is InChI=1S/C13H18N4O/c1-18-7-5-10(14)13-16-11-8-15-6-4-12(11)17(13)9-2-3-9/h4,6,8-10H,2-3,5,7,14H2,1H3. The molecule has 0 amide bonds. The summed E-state index contributed by atoms with van der Waals surface area (Å²) in [5.74, 6) is 0.970. The minimum Gasteiger partial charge on any atom is -0.385 e. The Labute approximate surface area is 106 Å². The van der Waals surface area contributed by atoms with E-state index in [1.807, 2.05) is 12.3 Å². The predicted octanol–water partition coefficient (Wildman–Crippen LogP) is 1.80. The number of aromatic nitrogens is 3. The second-order valence-electron chi connectivity index (χ2n) is 4.82. The molecule has 0 aromatic carbocycles. The number of fused-ring (bicyclic) bond motifs is 1. The van der Waals surface area contributed by atoms with Gasteiger partial charge in [0.25, 0.3) is 0 Å². The fraction of sp³-hybridized carbons (Fsp3) is 0.538. The van der Waals surface area contributed by atoms with Gasteiger partial charge >= 0.3 is 0 Å². The molecule has 0 saturated heterocycles. The van der Waals surface area contributed by atoms with Gasteiger partial charge in [-0.1, -0.05) is 0 Å². The first kappa shape index (κ1) is 11.6. The van der Waals surface area contributed by atoms with Gasteiger partial charge in [-0.15, -0.1) is 0 Å². The Kier molecular flexibility index (Phi) is 3.01. The number of rotatable bonds is 5. The molecule has 1 unspecified atom stereocenters. The van der Waals surface area contributed by atoms with Crippen LogP contribution in [0.1, 0.15) is 37.2 Å². The first-order chi connectivity index (χ1) is 8.81. The molecule has 5 heteroatoms. The van der Waals surface area contributed by atoms with Gasteiger partial charge in [0.15, 0.2) is 0 Å². The van der Waals surface area contributed by atoms with Crippen molar-refractivity contribution < 1.29 is 4.74 Å². The van der Waals surface area contributed by atoms with Gasteiger partial charge < -0.3 is 15.0 Å². The Balaban J connectivity index is 2.01. The number of hydrogen-bond donors (Lipinski definition) is 1. The molecule has 2 aromatic rings. The Morgan fingerprint density at radius 2 is 2.39 bits per heavy atom. The molecule has 0 spiro atoms. The summed E-state index contributed by atoms with van der Waals surface area (Å²) in [4.78, 5) is 8.77. The molecule has 1 saturated carbocycles. The first-order valence-electron chi connectivity index (χ1n) is 6.37. The normalized spacial score (nSPS) is 17.2. The van der Waals surface area contributed by atoms with Crippen LogP contribution in [0.15, 0.2) is 18.5 Å². The molecule has 2 aromatic heterocycles. The molecule has 18 heavy (non-hydrogen) atoms. The van der Waals surface area contributed by atoms with Crippen molar-refractivity contribution in [1.82, 2.24) is 14.5 Å². The molecule has 96 valence electrons. The van der Waals surface area contributed by atoms with Gasteiger partial charge in [-0.3, -0.25) is 4.98 Å². The molecular formula is C13H18N4O. The number of ether oxygens (including phenoxy) is 1. The third kappa shape index (κ3) is 2.00. The van der Waals surface area contributed by atoms with Gasteiger partial charge in [0.2, 0.25) is 0 Å². The van der Waals surface area contributed by atoms with E-state index in [9.17, 15) is 0 Å². The summed E-state index contributed by atoms with van der Waals surface area (Å²) in [7, 11) is 1.69. The lowest BCUT2D eigenvalue weighted by Gasteiger charge is -2.13. The topological polar surface area (TPSA) is 66.0 Å². The van der Waals surface area contributed by atoms with Gasteiger partial charge in [0, 0.05) is 26.0 Å². The zero-order valence-corrected chi connectivity index (χ0v) is 10.5. The molecular weight excluding hydrogens is 228 g/mol. The van der Waals surface area contributed by atoms with Gasteiger partial charge in [-0.2, -0.15) is 0 Å². The first-order valence-corrected chi connectivity index (χ1v) is 6.37. The molecule has 0 bridgehead atoms. The van der Waals surface area contributed by atoms with Crippen LogP contribution < -0.4 is 5.73 Å². The maximum Gasteiger partial charge on any atom is 0.127 e. The number of methoxy groups -OCH3 is 1. The number of hydrogen-bond acceptors (Lipinski definition) is 4. The van der Waals surface area contributed by atoms with Crippen molar-refractivity contribution in [3.63, 3.8) is 0 Å². The largest absolute Gasteiger partial charge is 0.385 e. The maximum absolute atomic E-state index is 6.23. The molecule has 1 aliphatic rings. The Morgan fingerprint density at radius 1 is 1.56 bits per heavy atom. The van der Waals surface area contributed by atoms with E-state index in [-0.39, 0.29) is 6.04 Å². The summed E-state index contributed by atoms with van der Waals surface area (Å²) in [6, 6.07) is 2.52. The Hall–Kier alpha value is -1.46. The van der Waals surface area contributed by atoms with Crippen LogP contribution in [-0.2, 0) is 4.74 Å². The van der Waals surface area contributed by atoms with Crippen LogP contribution in [0.4, 0.5) is 0 Å². The monoisotopic (exact) mass is 246 g/mol. The average Bonchev–Trinajstić information content (AvgIpc) is 3.15. The van der Waals surface area contributed by atoms with Crippen molar-refractivity contribution in [3.8, 4) is 0 Å². The van der Waals surface area contributed by atoms with Gasteiger partial charge in [-0.25, -0.2) is 4.98 Å². The molecule has 5 nitrogen and oxygen atoms in total. The highest BCUT2D eigenvalue weighted by Gasteiger charge is 2.29. The van der Waals surface area contributed by atoms with Crippen molar-refractivity contribution in [2.45, 2.75) is 31.3 Å². The SMILES string of the molecule is COCCC(N)c1nc2cnccc2n1C1CC1. The van der Waals surface area contributed by atoms with Crippen LogP contribution in [-0.4, -0.2) is 28.3 Å². The van der Waals surface area contributed by atoms with Crippen LogP contribution in [0.3, 0.4) is 0 Å². The van der Waals surface area contributed by atoms with E-state index in [0.29, 0.717) is 12.6 Å². The van der Waals surface area contributed by atoms with Crippen LogP contribution in [0.25, 0.3) is 11.0 Å². The molecule has 1 atom stereocenters. The third-order valence-corrected chi connectivity index (χ3v) is 3.40. The number of nitrogens with two attached hydrogens (primary N) is 1. The summed E-state index contributed by atoms with van der Waals surface area (Å²) in [5, 5.41) is 0. The Bertz CT molecular complexity index is 547. The molecule has 0 aliphatic heterocycles. The van der Waals surface area contributed by atoms with Crippen LogP contribution in [0.5, 0.6) is 0 Å². The molecule has 1 aliphatic carbocycles. The van der Waals surface area contributed by atoms with Crippen LogP contribution >= 0.6 is 0 Å². The fourth-order valence-electron chi connectivity index (χ4n) is 2.32. The minimum atomic E-state index is -0.0713. The van der Waals surface area contributed by atoms with Gasteiger partial charge in [-0.05, 0) is 25.3 Å². The second-order valence-corrected chi connectivity index (χ2v) is 4.82. The van der Waals surface area contributed by atoms with E-state index >= 15 is 0 Å². The van der Waals surface area contributed by atoms with E-state index in [0.717, 1.165) is 23.3 Å². The highest BCUT2D eigenvalue weighted by molar-refractivity contribution is 5.75. The summed E-state index contributed by atoms with van der Waals surface area (Å²) in [6.45, 7) is 0.660. The number of imidazole rings is 1. The van der Waals surface area contributed by atoms with E-state index in [2.05, 4.69) is 14.5 Å². The molecule has 2 N–H and O–H groups in total. The summed E-state index contributed by atoms with van der Waals surface area (Å²) >= 11 is 0. The lowest BCUT2D eigenvalue weighted by molar-refractivity contribution is 0.186. The van der Waals surface area contributed by atoms with E-state index in [1.165, 1.54) is 12.8 Å². The van der Waals surface area contributed by atoms with Crippen LogP contribution in [0, 0.1) is 0 Å². The zero-order valence-electron chi connectivity index (χ0n) is 10.5. The van der Waals surface area contributed by atoms with Crippen molar-refractivity contribution in [2.75, 3.05) is 13.7 Å². The number of pyridine rings is 1. The van der Waals surface area contributed by atoms with Crippen molar-refractivity contribution in [2.24, 2.45) is 5.73 Å². The Morgan fingerprint density at radius 3 is 3.11 bits per heavy atom. The summed E-state index contributed by atoms with van der Waals surface area (Å²) in [5.41, 5.74) is 8.31. The predicted molar refractivity (Wildman–Crippen MR) is 69.2 cm³/mol. The highest BCUT2D eigenvalue weighted by atomic mass is 16.5. The summed E-state index contributed by atoms with van der Waals surface area (Å²) < 4.78 is 7.38. The van der Waals surface area contributed by atoms with E-state index < -0.39 is 0 Å². The smallest absolute Gasteiger partial charge is 0.127 e. The van der Waals surface area contributed by atoms with Gasteiger partial charge in [0.05, 0.1) is 17.8 Å². The van der Waals surface area contributed by atoms with Crippen molar-refractivity contribution in [1.29, 1.82) is 0 Å². The van der Waals surface area contributed by atoms with Crippen molar-refractivity contribution >= 4 is 11.0 Å².